The lowest BCUT2D eigenvalue weighted by Gasteiger charge is -2.41. The van der Waals surface area contributed by atoms with Crippen molar-refractivity contribution in [1.29, 1.82) is 0 Å². The molecule has 102 heavy (non-hydrogen) atoms. The predicted molar refractivity (Wildman–Crippen MR) is 374 cm³/mol. The maximum Gasteiger partial charge on any atom is 0.221 e. The average Bonchev–Trinajstić information content (AvgIpc) is 0.826. The first kappa shape index (κ1) is 95.4. The molecular formula is C65H107N17O20. The Bertz CT molecular complexity index is 2820. The van der Waals surface area contributed by atoms with Crippen LogP contribution in [0.25, 0.3) is 0 Å². The van der Waals surface area contributed by atoms with Crippen LogP contribution in [0.3, 0.4) is 0 Å². The summed E-state index contributed by atoms with van der Waals surface area (Å²) in [5, 5.41) is 44.5. The molecule has 17 N–H and O–H groups in total. The molecule has 0 aromatic heterocycles. The number of Topliss-reactive ketones (excluding diaryl/α,β-unsaturated/α-hetero) is 3. The standard InChI is InChI=1S/C15H25N3O4.C15H19N3O4.C13H24N4O4.C12H22N4O4.C10H17N3O4/c2*1-8(19)5-12-6-14(17-10(3)21)15(18-11(4)22)7-13(12)16-9(2)20;1-9(18)14-5-13(6-15-10(2)19,7-16-11(3)20)8-17-12(4)21;1-7(17)13-5-11(15-9(3)19)12(16-10(4)20)6-14-8(2)18;1-6(14)5-10(11-7(2)15,12-8(3)16)13-9(4)17/h12-15H,5-7H2,1-4H3,(H,16,20)(H,17,21)(H,18,22);6-7H,5H2,1-4H3,(H,16,20)(H,17,21)(H,18,22);5-8H2,1-4H3,(H,14,18)(H,15,19)(H,16,20)(H,17,21);11-12H,5-6H2,1-4H3,(H,13,17)(H,14,18)(H,15,19)(H,16,20);5H2,1-4H3,(H,11,15)(H,12,16)(H,13,17). The second-order valence-electron chi connectivity index (χ2n) is 24.5. The molecule has 1 aromatic rings. The highest BCUT2D eigenvalue weighted by Crippen LogP contribution is 2.31. The third kappa shape index (κ3) is 48.9. The summed E-state index contributed by atoms with van der Waals surface area (Å²) < 4.78 is 0. The molecule has 0 spiro atoms. The second-order valence-corrected chi connectivity index (χ2v) is 24.5. The Balaban J connectivity index is -0.00000120. The van der Waals surface area contributed by atoms with E-state index in [1.807, 2.05) is 0 Å². The van der Waals surface area contributed by atoms with Crippen molar-refractivity contribution in [2.75, 3.05) is 55.2 Å². The number of amides is 17. The summed E-state index contributed by atoms with van der Waals surface area (Å²) in [5.74, 6) is -6.85. The van der Waals surface area contributed by atoms with E-state index in [4.69, 9.17) is 0 Å². The number of hydrogen-bond acceptors (Lipinski definition) is 20. The van der Waals surface area contributed by atoms with Gasteiger partial charge in [-0.05, 0) is 57.2 Å². The Kier molecular flexibility index (Phi) is 45.7. The van der Waals surface area contributed by atoms with Gasteiger partial charge in [-0.15, -0.1) is 0 Å². The first-order chi connectivity index (χ1) is 46.9. The van der Waals surface area contributed by atoms with Crippen LogP contribution in [0.15, 0.2) is 12.1 Å². The van der Waals surface area contributed by atoms with Crippen LogP contribution < -0.4 is 90.4 Å². The molecule has 37 nitrogen and oxygen atoms in total. The molecule has 1 saturated carbocycles. The van der Waals surface area contributed by atoms with Crippen molar-refractivity contribution in [3.63, 3.8) is 0 Å². The molecule has 572 valence electrons. The predicted octanol–water partition coefficient (Wildman–Crippen LogP) is -2.60. The molecule has 17 amide bonds. The van der Waals surface area contributed by atoms with E-state index in [1.54, 1.807) is 6.07 Å². The molecule has 0 radical (unpaired) electrons. The van der Waals surface area contributed by atoms with Crippen LogP contribution in [0.1, 0.15) is 170 Å². The summed E-state index contributed by atoms with van der Waals surface area (Å²) >= 11 is 0. The number of carbonyl (C=O) groups excluding carboxylic acids is 20. The zero-order valence-electron chi connectivity index (χ0n) is 62.1. The normalized spacial score (nSPS) is 14.5. The largest absolute Gasteiger partial charge is 0.356 e. The molecule has 2 rings (SSSR count). The third-order valence-electron chi connectivity index (χ3n) is 13.4. The third-order valence-corrected chi connectivity index (χ3v) is 13.4. The second kappa shape index (κ2) is 48.9. The number of hydrogen-bond donors (Lipinski definition) is 17. The van der Waals surface area contributed by atoms with E-state index < -0.39 is 41.0 Å². The molecule has 6 unspecified atom stereocenters. The Hall–Kier alpha value is -10.8. The maximum atomic E-state index is 11.5. The van der Waals surface area contributed by atoms with Crippen molar-refractivity contribution in [2.24, 2.45) is 11.3 Å². The fraction of sp³-hybridized carbons (Fsp3) is 0.600. The number of anilines is 3. The van der Waals surface area contributed by atoms with Gasteiger partial charge >= 0.3 is 0 Å². The highest BCUT2D eigenvalue weighted by atomic mass is 16.2. The molecular weight excluding hydrogens is 1340 g/mol. The van der Waals surface area contributed by atoms with Crippen molar-refractivity contribution in [3.05, 3.63) is 17.7 Å². The van der Waals surface area contributed by atoms with E-state index in [0.717, 1.165) is 0 Å². The number of ketones is 3. The first-order valence-corrected chi connectivity index (χ1v) is 32.1. The Morgan fingerprint density at radius 3 is 0.922 bits per heavy atom. The smallest absolute Gasteiger partial charge is 0.221 e. The van der Waals surface area contributed by atoms with Crippen LogP contribution >= 0.6 is 0 Å². The lowest BCUT2D eigenvalue weighted by Crippen LogP contribution is -2.70. The van der Waals surface area contributed by atoms with E-state index in [9.17, 15) is 95.9 Å². The van der Waals surface area contributed by atoms with E-state index in [-0.39, 0.29) is 176 Å². The minimum Gasteiger partial charge on any atom is -0.356 e. The summed E-state index contributed by atoms with van der Waals surface area (Å²) in [5.41, 5.74) is 0.988. The van der Waals surface area contributed by atoms with Crippen LogP contribution in [0, 0.1) is 11.3 Å². The summed E-state index contributed by atoms with van der Waals surface area (Å²) in [6, 6.07) is 1.35. The topological polar surface area (TPSA) is 546 Å². The number of benzene rings is 1. The van der Waals surface area contributed by atoms with E-state index >= 15 is 0 Å². The van der Waals surface area contributed by atoms with Crippen molar-refractivity contribution in [3.8, 4) is 0 Å². The SMILES string of the molecule is CC(=O)CC(NC(C)=O)(NC(C)=O)NC(C)=O.CC(=O)CC1CC(NC(C)=O)C(NC(C)=O)CC1NC(C)=O.CC(=O)Cc1cc(NC(C)=O)c(NC(C)=O)cc1NC(C)=O.CC(=O)NCC(CNC(C)=O)(CNC(C)=O)CNC(C)=O.CC(=O)NCC(NC(C)=O)C(CNC(C)=O)NC(C)=O. The zero-order valence-corrected chi connectivity index (χ0v) is 62.1. The van der Waals surface area contributed by atoms with Gasteiger partial charge in [-0.1, -0.05) is 0 Å². The summed E-state index contributed by atoms with van der Waals surface area (Å²) in [7, 11) is 0. The van der Waals surface area contributed by atoms with Crippen LogP contribution in [0.5, 0.6) is 0 Å². The molecule has 0 saturated heterocycles. The van der Waals surface area contributed by atoms with E-state index in [0.29, 0.717) is 41.9 Å². The van der Waals surface area contributed by atoms with Gasteiger partial charge in [0.05, 0.1) is 35.9 Å². The molecule has 37 heteroatoms. The van der Waals surface area contributed by atoms with Crippen molar-refractivity contribution in [2.45, 2.75) is 207 Å². The van der Waals surface area contributed by atoms with Gasteiger partial charge in [0.25, 0.3) is 0 Å². The van der Waals surface area contributed by atoms with Gasteiger partial charge in [-0.3, -0.25) is 91.1 Å². The van der Waals surface area contributed by atoms with Gasteiger partial charge < -0.3 is 95.2 Å². The molecule has 1 aromatic carbocycles. The monoisotopic (exact) mass is 1450 g/mol. The lowest BCUT2D eigenvalue weighted by molar-refractivity contribution is -0.132. The first-order valence-electron chi connectivity index (χ1n) is 32.1. The fourth-order valence-electron chi connectivity index (χ4n) is 9.85. The van der Waals surface area contributed by atoms with Gasteiger partial charge in [-0.2, -0.15) is 0 Å². The van der Waals surface area contributed by atoms with Crippen LogP contribution in [0.4, 0.5) is 17.1 Å². The van der Waals surface area contributed by atoms with Crippen molar-refractivity contribution in [1.82, 2.24) is 74.4 Å². The quantitative estimate of drug-likeness (QED) is 0.0351. The minimum atomic E-state index is -1.56. The maximum absolute atomic E-state index is 11.5. The molecule has 1 aliphatic rings. The van der Waals surface area contributed by atoms with Crippen molar-refractivity contribution < 1.29 is 95.9 Å². The van der Waals surface area contributed by atoms with Crippen molar-refractivity contribution >= 4 is 135 Å². The Morgan fingerprint density at radius 1 is 0.333 bits per heavy atom. The van der Waals surface area contributed by atoms with E-state index in [2.05, 4.69) is 90.4 Å². The van der Waals surface area contributed by atoms with Gasteiger partial charge in [0.15, 0.2) is 5.79 Å². The summed E-state index contributed by atoms with van der Waals surface area (Å²) in [6.45, 7) is 28.2. The molecule has 6 atom stereocenters. The van der Waals surface area contributed by atoms with Gasteiger partial charge in [0.1, 0.15) is 17.3 Å². The summed E-state index contributed by atoms with van der Waals surface area (Å²) in [4.78, 5) is 224. The van der Waals surface area contributed by atoms with Gasteiger partial charge in [0, 0.05) is 193 Å². The Labute approximate surface area is 594 Å². The number of carbonyl (C=O) groups is 20. The lowest BCUT2D eigenvalue weighted by atomic mass is 9.76. The zero-order chi connectivity index (χ0) is 79.5. The van der Waals surface area contributed by atoms with Gasteiger partial charge in [-0.25, -0.2) is 0 Å². The molecule has 1 fully saturated rings. The van der Waals surface area contributed by atoms with Crippen LogP contribution in [-0.4, -0.2) is 193 Å². The molecule has 0 bridgehead atoms. The fourth-order valence-corrected chi connectivity index (χ4v) is 9.85. The molecule has 0 aliphatic heterocycles. The van der Waals surface area contributed by atoms with Gasteiger partial charge in [0.2, 0.25) is 100 Å². The number of rotatable bonds is 30. The van der Waals surface area contributed by atoms with Crippen LogP contribution in [-0.2, 0) is 102 Å². The minimum absolute atomic E-state index is 0.0416. The van der Waals surface area contributed by atoms with Crippen LogP contribution in [0.2, 0.25) is 0 Å². The highest BCUT2D eigenvalue weighted by molar-refractivity contribution is 6.01. The van der Waals surface area contributed by atoms with E-state index in [1.165, 1.54) is 145 Å². The Morgan fingerprint density at radius 2 is 0.647 bits per heavy atom. The average molecular weight is 1450 g/mol. The molecule has 1 aliphatic carbocycles. The highest BCUT2D eigenvalue weighted by Gasteiger charge is 2.39. The number of nitrogens with one attached hydrogen (secondary N) is 17. The molecule has 0 heterocycles. The summed E-state index contributed by atoms with van der Waals surface area (Å²) in [6.07, 6.45) is 1.24.